The van der Waals surface area contributed by atoms with E-state index in [4.69, 9.17) is 9.47 Å². The Morgan fingerprint density at radius 3 is 2.96 bits per heavy atom. The van der Waals surface area contributed by atoms with Crippen LogP contribution in [-0.4, -0.2) is 47.2 Å². The van der Waals surface area contributed by atoms with Gasteiger partial charge < -0.3 is 19.7 Å². The van der Waals surface area contributed by atoms with E-state index in [1.807, 2.05) is 31.2 Å². The Balaban J connectivity index is 1.55. The van der Waals surface area contributed by atoms with Gasteiger partial charge in [0, 0.05) is 18.7 Å². The summed E-state index contributed by atoms with van der Waals surface area (Å²) in [4.78, 5) is 22.3. The normalized spacial score (nSPS) is 16.8. The molecule has 0 spiro atoms. The van der Waals surface area contributed by atoms with E-state index < -0.39 is 0 Å². The van der Waals surface area contributed by atoms with Crippen molar-refractivity contribution in [2.45, 2.75) is 19.4 Å². The topological polar surface area (TPSA) is 76.6 Å². The van der Waals surface area contributed by atoms with E-state index in [-0.39, 0.29) is 12.1 Å². The average molecular weight is 328 g/mol. The van der Waals surface area contributed by atoms with Crippen LogP contribution < -0.4 is 14.8 Å². The molecule has 2 amide bonds. The standard InChI is InChI=1S/C17H20N4O3/c1-12-4-3-5-13(8-12)19-17(22)21-7-6-14(11-21)24-16-10-18-9-15(20-16)23-2/h3-5,8-10,14H,6-7,11H2,1-2H3,(H,19,22). The summed E-state index contributed by atoms with van der Waals surface area (Å²) in [6, 6.07) is 7.60. The number of aryl methyl sites for hydroxylation is 1. The Morgan fingerprint density at radius 1 is 1.33 bits per heavy atom. The lowest BCUT2D eigenvalue weighted by atomic mass is 10.2. The van der Waals surface area contributed by atoms with Gasteiger partial charge in [-0.25, -0.2) is 4.79 Å². The zero-order valence-electron chi connectivity index (χ0n) is 13.7. The molecule has 0 aliphatic carbocycles. The molecule has 1 aromatic heterocycles. The lowest BCUT2D eigenvalue weighted by molar-refractivity contribution is 0.188. The maximum atomic E-state index is 12.3. The molecule has 2 aromatic rings. The first-order chi connectivity index (χ1) is 11.6. The van der Waals surface area contributed by atoms with Gasteiger partial charge in [0.25, 0.3) is 0 Å². The summed E-state index contributed by atoms with van der Waals surface area (Å²) in [7, 11) is 1.53. The van der Waals surface area contributed by atoms with Crippen LogP contribution in [0.5, 0.6) is 11.8 Å². The van der Waals surface area contributed by atoms with E-state index >= 15 is 0 Å². The minimum Gasteiger partial charge on any atom is -0.480 e. The van der Waals surface area contributed by atoms with Gasteiger partial charge in [-0.2, -0.15) is 4.98 Å². The number of anilines is 1. The molecule has 1 fully saturated rings. The monoisotopic (exact) mass is 328 g/mol. The predicted octanol–water partition coefficient (Wildman–Crippen LogP) is 2.48. The Morgan fingerprint density at radius 2 is 2.17 bits per heavy atom. The highest BCUT2D eigenvalue weighted by atomic mass is 16.5. The largest absolute Gasteiger partial charge is 0.480 e. The summed E-state index contributed by atoms with van der Waals surface area (Å²) in [5.41, 5.74) is 1.90. The number of amides is 2. The lowest BCUT2D eigenvalue weighted by Gasteiger charge is -2.18. The summed E-state index contributed by atoms with van der Waals surface area (Å²) in [5.74, 6) is 0.805. The van der Waals surface area contributed by atoms with Gasteiger partial charge in [-0.1, -0.05) is 12.1 Å². The number of hydrogen-bond donors (Lipinski definition) is 1. The van der Waals surface area contributed by atoms with Crippen molar-refractivity contribution in [2.24, 2.45) is 0 Å². The van der Waals surface area contributed by atoms with Crippen LogP contribution in [0.15, 0.2) is 36.7 Å². The Kier molecular flexibility index (Phi) is 4.79. The number of urea groups is 1. The third-order valence-electron chi connectivity index (χ3n) is 3.79. The predicted molar refractivity (Wildman–Crippen MR) is 89.4 cm³/mol. The number of carbonyl (C=O) groups excluding carboxylic acids is 1. The number of methoxy groups -OCH3 is 1. The number of rotatable bonds is 4. The maximum Gasteiger partial charge on any atom is 0.321 e. The summed E-state index contributed by atoms with van der Waals surface area (Å²) >= 11 is 0. The molecule has 0 radical (unpaired) electrons. The van der Waals surface area contributed by atoms with Gasteiger partial charge in [0.15, 0.2) is 0 Å². The maximum absolute atomic E-state index is 12.3. The molecule has 7 heteroatoms. The van der Waals surface area contributed by atoms with Gasteiger partial charge in [0.05, 0.1) is 26.0 Å². The minimum absolute atomic E-state index is 0.102. The molecular formula is C17H20N4O3. The number of aromatic nitrogens is 2. The van der Waals surface area contributed by atoms with Crippen LogP contribution in [0.3, 0.4) is 0 Å². The van der Waals surface area contributed by atoms with Crippen molar-refractivity contribution < 1.29 is 14.3 Å². The molecule has 7 nitrogen and oxygen atoms in total. The number of likely N-dealkylation sites (tertiary alicyclic amines) is 1. The van der Waals surface area contributed by atoms with Crippen LogP contribution >= 0.6 is 0 Å². The van der Waals surface area contributed by atoms with Gasteiger partial charge in [-0.05, 0) is 24.6 Å². The second-order valence-corrected chi connectivity index (χ2v) is 5.67. The Hall–Kier alpha value is -2.83. The molecule has 2 heterocycles. The molecule has 24 heavy (non-hydrogen) atoms. The van der Waals surface area contributed by atoms with Gasteiger partial charge >= 0.3 is 6.03 Å². The van der Waals surface area contributed by atoms with E-state index in [0.717, 1.165) is 17.7 Å². The van der Waals surface area contributed by atoms with Crippen LogP contribution in [0.2, 0.25) is 0 Å². The van der Waals surface area contributed by atoms with Gasteiger partial charge in [0.1, 0.15) is 6.10 Å². The van der Waals surface area contributed by atoms with Crippen LogP contribution in [0.4, 0.5) is 10.5 Å². The Labute approximate surface area is 140 Å². The molecule has 1 unspecified atom stereocenters. The fraction of sp³-hybridized carbons (Fsp3) is 0.353. The highest BCUT2D eigenvalue weighted by Crippen LogP contribution is 2.19. The lowest BCUT2D eigenvalue weighted by Crippen LogP contribution is -2.34. The smallest absolute Gasteiger partial charge is 0.321 e. The first kappa shape index (κ1) is 16.0. The van der Waals surface area contributed by atoms with Gasteiger partial charge in [-0.15, -0.1) is 0 Å². The molecule has 0 saturated carbocycles. The number of ether oxygens (including phenoxy) is 2. The number of nitrogens with zero attached hydrogens (tertiary/aromatic N) is 3. The molecule has 1 aliphatic rings. The van der Waals surface area contributed by atoms with Crippen molar-refractivity contribution in [3.63, 3.8) is 0 Å². The molecule has 126 valence electrons. The molecule has 1 saturated heterocycles. The molecule has 1 N–H and O–H groups in total. The van der Waals surface area contributed by atoms with Crippen molar-refractivity contribution in [1.82, 2.24) is 14.9 Å². The van der Waals surface area contributed by atoms with Crippen molar-refractivity contribution in [3.05, 3.63) is 42.2 Å². The third-order valence-corrected chi connectivity index (χ3v) is 3.79. The summed E-state index contributed by atoms with van der Waals surface area (Å²) < 4.78 is 10.8. The van der Waals surface area contributed by atoms with Gasteiger partial charge in [0.2, 0.25) is 11.8 Å². The first-order valence-corrected chi connectivity index (χ1v) is 7.79. The molecule has 0 bridgehead atoms. The SMILES string of the molecule is COc1cncc(OC2CCN(C(=O)Nc3cccc(C)c3)C2)n1. The number of benzene rings is 1. The minimum atomic E-state index is -0.122. The average Bonchev–Trinajstić information content (AvgIpc) is 3.04. The van der Waals surface area contributed by atoms with E-state index in [1.165, 1.54) is 19.5 Å². The number of hydrogen-bond acceptors (Lipinski definition) is 5. The van der Waals surface area contributed by atoms with Crippen LogP contribution in [-0.2, 0) is 0 Å². The Bertz CT molecular complexity index is 722. The first-order valence-electron chi connectivity index (χ1n) is 7.79. The molecule has 3 rings (SSSR count). The van der Waals surface area contributed by atoms with Gasteiger partial charge in [-0.3, -0.25) is 4.98 Å². The number of nitrogens with one attached hydrogen (secondary N) is 1. The van der Waals surface area contributed by atoms with Crippen molar-refractivity contribution in [1.29, 1.82) is 0 Å². The van der Waals surface area contributed by atoms with Crippen LogP contribution in [0.25, 0.3) is 0 Å². The fourth-order valence-corrected chi connectivity index (χ4v) is 2.59. The summed E-state index contributed by atoms with van der Waals surface area (Å²) in [6.45, 7) is 3.14. The molecule has 1 atom stereocenters. The van der Waals surface area contributed by atoms with Crippen molar-refractivity contribution in [2.75, 3.05) is 25.5 Å². The molecular weight excluding hydrogens is 308 g/mol. The second-order valence-electron chi connectivity index (χ2n) is 5.67. The van der Waals surface area contributed by atoms with Crippen molar-refractivity contribution in [3.8, 4) is 11.8 Å². The van der Waals surface area contributed by atoms with Crippen LogP contribution in [0.1, 0.15) is 12.0 Å². The summed E-state index contributed by atoms with van der Waals surface area (Å²) in [6.07, 6.45) is 3.70. The molecule has 1 aliphatic heterocycles. The van der Waals surface area contributed by atoms with E-state index in [2.05, 4.69) is 15.3 Å². The third kappa shape index (κ3) is 3.92. The highest BCUT2D eigenvalue weighted by molar-refractivity contribution is 5.89. The second kappa shape index (κ2) is 7.16. The fourth-order valence-electron chi connectivity index (χ4n) is 2.59. The van der Waals surface area contributed by atoms with Crippen LogP contribution in [0, 0.1) is 6.92 Å². The highest BCUT2D eigenvalue weighted by Gasteiger charge is 2.28. The quantitative estimate of drug-likeness (QED) is 0.933. The van der Waals surface area contributed by atoms with Crippen molar-refractivity contribution >= 4 is 11.7 Å². The van der Waals surface area contributed by atoms with E-state index in [9.17, 15) is 4.79 Å². The van der Waals surface area contributed by atoms with E-state index in [1.54, 1.807) is 4.90 Å². The number of carbonyl (C=O) groups is 1. The summed E-state index contributed by atoms with van der Waals surface area (Å²) in [5, 5.41) is 2.91. The zero-order chi connectivity index (χ0) is 16.9. The van der Waals surface area contributed by atoms with E-state index in [0.29, 0.717) is 24.8 Å². The zero-order valence-corrected chi connectivity index (χ0v) is 13.7. The molecule has 1 aromatic carbocycles.